The van der Waals surface area contributed by atoms with E-state index in [1.165, 1.54) is 38.5 Å². The number of carbonyl (C=O) groups is 2. The van der Waals surface area contributed by atoms with Gasteiger partial charge in [0.2, 0.25) is 0 Å². The molecule has 4 N–H and O–H groups in total. The summed E-state index contributed by atoms with van der Waals surface area (Å²) in [7, 11) is -4.68. The highest BCUT2D eigenvalue weighted by molar-refractivity contribution is 7.47. The van der Waals surface area contributed by atoms with Crippen molar-refractivity contribution in [3.8, 4) is 0 Å². The van der Waals surface area contributed by atoms with Gasteiger partial charge in [0, 0.05) is 12.8 Å². The summed E-state index contributed by atoms with van der Waals surface area (Å²) < 4.78 is 32.6. The standard InChI is InChI=1S/C48H79O11P/c1-3-5-7-9-11-13-15-17-18-19-20-21-22-24-26-28-30-32-34-38-48(53)59-46(43-58-60(54,55)57-41-45(51)40-49)42-56-47(52)39-35-37-44(50)36-33-31-29-27-25-23-16-14-12-10-8-6-4-2/h11-14,17-18,20-21,23-26,29,31,33,36,44-46,49-51H,3-10,15-16,19,22,27-28,30,32,34-35,37-43H2,1-2H3,(H,54,55)/b13-11-,14-12-,18-17-,21-20-,25-23-,26-24-,31-29-,36-33+/t44-,45+,46-/m1/s1. The van der Waals surface area contributed by atoms with Crippen molar-refractivity contribution in [2.45, 2.75) is 167 Å². The van der Waals surface area contributed by atoms with E-state index < -0.39 is 64.5 Å². The number of hydrogen-bond donors (Lipinski definition) is 4. The molecule has 0 aromatic carbocycles. The predicted octanol–water partition coefficient (Wildman–Crippen LogP) is 11.0. The number of phosphoric ester groups is 1. The Morgan fingerprint density at radius 3 is 1.58 bits per heavy atom. The molecule has 12 heteroatoms. The van der Waals surface area contributed by atoms with Gasteiger partial charge in [0.25, 0.3) is 0 Å². The van der Waals surface area contributed by atoms with Gasteiger partial charge in [-0.3, -0.25) is 18.6 Å². The van der Waals surface area contributed by atoms with Crippen molar-refractivity contribution in [2.24, 2.45) is 0 Å². The maximum Gasteiger partial charge on any atom is 0.472 e. The molecule has 0 heterocycles. The van der Waals surface area contributed by atoms with Gasteiger partial charge in [0.15, 0.2) is 6.10 Å². The number of esters is 2. The summed E-state index contributed by atoms with van der Waals surface area (Å²) in [6.45, 7) is 2.04. The number of hydrogen-bond acceptors (Lipinski definition) is 10. The van der Waals surface area contributed by atoms with Gasteiger partial charge in [-0.1, -0.05) is 143 Å². The van der Waals surface area contributed by atoms with Crippen molar-refractivity contribution < 1.29 is 52.9 Å². The fourth-order valence-electron chi connectivity index (χ4n) is 5.31. The number of carbonyl (C=O) groups excluding carboxylic acids is 2. The van der Waals surface area contributed by atoms with E-state index in [-0.39, 0.29) is 12.8 Å². The summed E-state index contributed by atoms with van der Waals surface area (Å²) in [5, 5.41) is 28.6. The first-order valence-corrected chi connectivity index (χ1v) is 23.8. The molecule has 0 amide bonds. The fourth-order valence-corrected chi connectivity index (χ4v) is 6.10. The lowest BCUT2D eigenvalue weighted by Gasteiger charge is -2.20. The molecule has 0 aliphatic heterocycles. The van der Waals surface area contributed by atoms with E-state index >= 15 is 0 Å². The van der Waals surface area contributed by atoms with Crippen LogP contribution < -0.4 is 0 Å². The summed E-state index contributed by atoms with van der Waals surface area (Å²) in [4.78, 5) is 35.0. The van der Waals surface area contributed by atoms with Crippen LogP contribution in [-0.2, 0) is 32.7 Å². The van der Waals surface area contributed by atoms with Crippen LogP contribution in [0.5, 0.6) is 0 Å². The fraction of sp³-hybridized carbons (Fsp3) is 0.625. The van der Waals surface area contributed by atoms with E-state index in [9.17, 15) is 29.3 Å². The Bertz CT molecular complexity index is 1330. The van der Waals surface area contributed by atoms with E-state index in [4.69, 9.17) is 19.1 Å². The second-order valence-corrected chi connectivity index (χ2v) is 16.0. The number of ether oxygens (including phenoxy) is 2. The molecule has 0 aliphatic carbocycles. The molecule has 0 aliphatic rings. The van der Waals surface area contributed by atoms with E-state index in [1.807, 2.05) is 12.2 Å². The van der Waals surface area contributed by atoms with Crippen molar-refractivity contribution in [1.29, 1.82) is 0 Å². The Hall–Kier alpha value is -3.15. The van der Waals surface area contributed by atoms with Crippen LogP contribution in [0.3, 0.4) is 0 Å². The van der Waals surface area contributed by atoms with E-state index in [0.717, 1.165) is 64.2 Å². The Labute approximate surface area is 362 Å². The van der Waals surface area contributed by atoms with Crippen molar-refractivity contribution in [3.63, 3.8) is 0 Å². The molecule has 0 saturated heterocycles. The summed E-state index contributed by atoms with van der Waals surface area (Å²) in [6, 6.07) is 0. The topological polar surface area (TPSA) is 169 Å². The lowest BCUT2D eigenvalue weighted by molar-refractivity contribution is -0.161. The molecule has 0 fully saturated rings. The Morgan fingerprint density at radius 1 is 0.567 bits per heavy atom. The van der Waals surface area contributed by atoms with Crippen LogP contribution in [0.1, 0.15) is 149 Å². The molecule has 11 nitrogen and oxygen atoms in total. The van der Waals surface area contributed by atoms with Gasteiger partial charge >= 0.3 is 19.8 Å². The van der Waals surface area contributed by atoms with E-state index in [2.05, 4.69) is 91.3 Å². The third-order valence-electron chi connectivity index (χ3n) is 8.82. The zero-order valence-corrected chi connectivity index (χ0v) is 37.6. The Kier molecular flexibility index (Phi) is 40.3. The maximum atomic E-state index is 12.6. The first kappa shape index (κ1) is 56.9. The number of aliphatic hydroxyl groups is 3. The normalized spacial score (nSPS) is 15.2. The molecule has 4 atom stereocenters. The largest absolute Gasteiger partial charge is 0.472 e. The summed E-state index contributed by atoms with van der Waals surface area (Å²) in [5.74, 6) is -1.17. The lowest BCUT2D eigenvalue weighted by atomic mass is 10.1. The number of phosphoric acid groups is 1. The summed E-state index contributed by atoms with van der Waals surface area (Å²) in [6.07, 6.45) is 48.3. The summed E-state index contributed by atoms with van der Waals surface area (Å²) >= 11 is 0. The average molecular weight is 863 g/mol. The molecule has 0 bridgehead atoms. The minimum atomic E-state index is -4.68. The predicted molar refractivity (Wildman–Crippen MR) is 243 cm³/mol. The molecule has 0 saturated carbocycles. The number of unbranched alkanes of at least 4 members (excludes halogenated alkanes) is 9. The molecule has 60 heavy (non-hydrogen) atoms. The third kappa shape index (κ3) is 41.6. The molecule has 0 radical (unpaired) electrons. The first-order chi connectivity index (χ1) is 29.1. The van der Waals surface area contributed by atoms with Gasteiger partial charge in [0.05, 0.1) is 25.9 Å². The van der Waals surface area contributed by atoms with Crippen LogP contribution in [0.4, 0.5) is 0 Å². The third-order valence-corrected chi connectivity index (χ3v) is 9.77. The van der Waals surface area contributed by atoms with Gasteiger partial charge in [-0.2, -0.15) is 0 Å². The van der Waals surface area contributed by atoms with Gasteiger partial charge in [-0.15, -0.1) is 0 Å². The molecular formula is C48H79O11P. The number of aliphatic hydroxyl groups excluding tert-OH is 3. The summed E-state index contributed by atoms with van der Waals surface area (Å²) in [5.41, 5.74) is 0. The van der Waals surface area contributed by atoms with Crippen LogP contribution in [0, 0.1) is 0 Å². The van der Waals surface area contributed by atoms with Crippen LogP contribution in [-0.4, -0.2) is 76.9 Å². The van der Waals surface area contributed by atoms with Crippen molar-refractivity contribution in [1.82, 2.24) is 0 Å². The zero-order valence-electron chi connectivity index (χ0n) is 36.7. The first-order valence-electron chi connectivity index (χ1n) is 22.3. The minimum absolute atomic E-state index is 0.000199. The Morgan fingerprint density at radius 2 is 1.05 bits per heavy atom. The second kappa shape index (κ2) is 42.5. The highest BCUT2D eigenvalue weighted by atomic mass is 31.2. The molecule has 0 aromatic rings. The van der Waals surface area contributed by atoms with Crippen LogP contribution in [0.2, 0.25) is 0 Å². The van der Waals surface area contributed by atoms with Crippen LogP contribution in [0.25, 0.3) is 0 Å². The van der Waals surface area contributed by atoms with Crippen molar-refractivity contribution >= 4 is 19.8 Å². The second-order valence-electron chi connectivity index (χ2n) is 14.6. The smallest absolute Gasteiger partial charge is 0.462 e. The molecule has 0 rings (SSSR count). The van der Waals surface area contributed by atoms with Crippen LogP contribution >= 0.6 is 7.82 Å². The lowest BCUT2D eigenvalue weighted by Crippen LogP contribution is -2.30. The quantitative estimate of drug-likeness (QED) is 0.0152. The SMILES string of the molecule is CCCCC/C=C\C/C=C\C/C=C\C=C\[C@@H](O)CCCC(=O)OC[C@H](COP(=O)(O)OC[C@@H](O)CO)OC(=O)CCCCC/C=C\C/C=C\C/C=C\C/C=C\CCCCC. The molecule has 0 aromatic heterocycles. The van der Waals surface area contributed by atoms with Gasteiger partial charge in [-0.25, -0.2) is 4.57 Å². The monoisotopic (exact) mass is 863 g/mol. The average Bonchev–Trinajstić information content (AvgIpc) is 3.23. The molecular weight excluding hydrogens is 783 g/mol. The highest BCUT2D eigenvalue weighted by Gasteiger charge is 2.27. The van der Waals surface area contributed by atoms with Crippen molar-refractivity contribution in [2.75, 3.05) is 26.4 Å². The van der Waals surface area contributed by atoms with E-state index in [0.29, 0.717) is 19.3 Å². The Balaban J connectivity index is 4.56. The van der Waals surface area contributed by atoms with Crippen LogP contribution in [0.15, 0.2) is 97.2 Å². The van der Waals surface area contributed by atoms with Crippen molar-refractivity contribution in [3.05, 3.63) is 97.2 Å². The zero-order chi connectivity index (χ0) is 44.2. The van der Waals surface area contributed by atoms with Gasteiger partial charge in [0.1, 0.15) is 12.7 Å². The molecule has 1 unspecified atom stereocenters. The molecule has 0 spiro atoms. The van der Waals surface area contributed by atoms with Gasteiger partial charge < -0.3 is 29.7 Å². The molecule has 342 valence electrons. The minimum Gasteiger partial charge on any atom is -0.462 e. The number of allylic oxidation sites excluding steroid dienone is 15. The van der Waals surface area contributed by atoms with E-state index in [1.54, 1.807) is 12.2 Å². The van der Waals surface area contributed by atoms with Gasteiger partial charge in [-0.05, 0) is 89.9 Å². The highest BCUT2D eigenvalue weighted by Crippen LogP contribution is 2.43. The maximum absolute atomic E-state index is 12.6. The number of rotatable bonds is 40.